The topological polar surface area (TPSA) is 58.2 Å². The summed E-state index contributed by atoms with van der Waals surface area (Å²) in [5.41, 5.74) is 0. The van der Waals surface area contributed by atoms with Gasteiger partial charge in [0.15, 0.2) is 4.77 Å². The number of likely N-dealkylation sites (tertiary alicyclic amines) is 1. The molecule has 1 aromatic heterocycles. The van der Waals surface area contributed by atoms with Gasteiger partial charge in [-0.05, 0) is 31.5 Å². The number of carbonyl (C=O) groups excluding carboxylic acids is 1. The van der Waals surface area contributed by atoms with Crippen molar-refractivity contribution < 1.29 is 9.53 Å². The zero-order chi connectivity index (χ0) is 11.4. The van der Waals surface area contributed by atoms with Gasteiger partial charge >= 0.3 is 6.09 Å². The molecular weight excluding hydrogens is 226 g/mol. The van der Waals surface area contributed by atoms with E-state index in [1.54, 1.807) is 11.0 Å². The van der Waals surface area contributed by atoms with Crippen molar-refractivity contribution in [1.82, 2.24) is 14.9 Å². The maximum absolute atomic E-state index is 11.7. The second-order valence-corrected chi connectivity index (χ2v) is 4.04. The first-order valence-corrected chi connectivity index (χ1v) is 5.68. The van der Waals surface area contributed by atoms with E-state index in [0.29, 0.717) is 10.7 Å². The number of hydrogen-bond acceptors (Lipinski definition) is 4. The van der Waals surface area contributed by atoms with Crippen molar-refractivity contribution in [2.45, 2.75) is 19.3 Å². The number of carbonyl (C=O) groups is 1. The molecule has 0 saturated carbocycles. The molecule has 0 aliphatic carbocycles. The fourth-order valence-electron chi connectivity index (χ4n) is 1.65. The average molecular weight is 239 g/mol. The summed E-state index contributed by atoms with van der Waals surface area (Å²) in [7, 11) is 0. The SMILES string of the molecule is O=C(Oc1ccnc(=S)[nH]1)N1CCCCC1. The van der Waals surface area contributed by atoms with Crippen molar-refractivity contribution in [3.05, 3.63) is 17.0 Å². The second kappa shape index (κ2) is 5.07. The van der Waals surface area contributed by atoms with Crippen LogP contribution >= 0.6 is 12.2 Å². The molecule has 0 spiro atoms. The number of nitrogens with zero attached hydrogens (tertiary/aromatic N) is 2. The maximum atomic E-state index is 11.7. The van der Waals surface area contributed by atoms with E-state index >= 15 is 0 Å². The molecule has 1 N–H and O–H groups in total. The van der Waals surface area contributed by atoms with Gasteiger partial charge < -0.3 is 14.6 Å². The van der Waals surface area contributed by atoms with Gasteiger partial charge in [-0.15, -0.1) is 0 Å². The minimum Gasteiger partial charge on any atom is -0.393 e. The molecular formula is C10H13N3O2S. The predicted molar refractivity (Wildman–Crippen MR) is 60.9 cm³/mol. The Hall–Kier alpha value is -1.43. The molecule has 86 valence electrons. The Morgan fingerprint density at radius 2 is 2.19 bits per heavy atom. The molecule has 1 saturated heterocycles. The summed E-state index contributed by atoms with van der Waals surface area (Å²) < 4.78 is 5.47. The molecule has 0 unspecified atom stereocenters. The van der Waals surface area contributed by atoms with E-state index in [0.717, 1.165) is 25.9 Å². The van der Waals surface area contributed by atoms with Crippen molar-refractivity contribution in [2.24, 2.45) is 0 Å². The largest absolute Gasteiger partial charge is 0.416 e. The highest BCUT2D eigenvalue weighted by Gasteiger charge is 2.18. The van der Waals surface area contributed by atoms with Crippen LogP contribution in [0, 0.1) is 4.77 Å². The van der Waals surface area contributed by atoms with Gasteiger partial charge in [0.1, 0.15) is 0 Å². The molecule has 2 rings (SSSR count). The third-order valence-electron chi connectivity index (χ3n) is 2.46. The fraction of sp³-hybridized carbons (Fsp3) is 0.500. The van der Waals surface area contributed by atoms with E-state index in [9.17, 15) is 4.79 Å². The summed E-state index contributed by atoms with van der Waals surface area (Å²) in [5.74, 6) is 0.343. The van der Waals surface area contributed by atoms with Gasteiger partial charge in [0.05, 0.1) is 0 Å². The molecule has 2 heterocycles. The van der Waals surface area contributed by atoms with Crippen molar-refractivity contribution >= 4 is 18.3 Å². The van der Waals surface area contributed by atoms with E-state index in [-0.39, 0.29) is 6.09 Å². The lowest BCUT2D eigenvalue weighted by Gasteiger charge is -2.25. The Labute approximate surface area is 98.4 Å². The van der Waals surface area contributed by atoms with Crippen LogP contribution in [0.25, 0.3) is 0 Å². The van der Waals surface area contributed by atoms with Gasteiger partial charge in [0, 0.05) is 25.4 Å². The summed E-state index contributed by atoms with van der Waals surface area (Å²) in [6.07, 6.45) is 4.46. The summed E-state index contributed by atoms with van der Waals surface area (Å²) >= 11 is 4.84. The Kier molecular flexibility index (Phi) is 3.51. The standard InChI is InChI=1S/C10H13N3O2S/c14-10(13-6-2-1-3-7-13)15-8-4-5-11-9(16)12-8/h4-5H,1-3,6-7H2,(H,11,12,16). The van der Waals surface area contributed by atoms with Crippen molar-refractivity contribution in [1.29, 1.82) is 0 Å². The van der Waals surface area contributed by atoms with Gasteiger partial charge in [0.25, 0.3) is 0 Å². The molecule has 0 bridgehead atoms. The van der Waals surface area contributed by atoms with Gasteiger partial charge in [-0.3, -0.25) is 0 Å². The van der Waals surface area contributed by atoms with E-state index in [4.69, 9.17) is 17.0 Å². The highest BCUT2D eigenvalue weighted by Crippen LogP contribution is 2.11. The molecule has 0 atom stereocenters. The quantitative estimate of drug-likeness (QED) is 0.763. The second-order valence-electron chi connectivity index (χ2n) is 3.65. The minimum absolute atomic E-state index is 0.309. The lowest BCUT2D eigenvalue weighted by molar-refractivity contribution is 0.141. The smallest absolute Gasteiger partial charge is 0.393 e. The highest BCUT2D eigenvalue weighted by atomic mass is 32.1. The van der Waals surface area contributed by atoms with Crippen LogP contribution in [0.4, 0.5) is 4.79 Å². The Morgan fingerprint density at radius 1 is 1.44 bits per heavy atom. The normalized spacial score (nSPS) is 15.9. The Bertz CT molecular complexity index is 426. The van der Waals surface area contributed by atoms with Crippen LogP contribution in [0.1, 0.15) is 19.3 Å². The van der Waals surface area contributed by atoms with Gasteiger partial charge in [-0.25, -0.2) is 9.78 Å². The number of aromatic nitrogens is 2. The first-order chi connectivity index (χ1) is 7.75. The average Bonchev–Trinajstić information content (AvgIpc) is 2.30. The molecule has 5 nitrogen and oxygen atoms in total. The summed E-state index contributed by atoms with van der Waals surface area (Å²) in [4.78, 5) is 19.9. The molecule has 1 amide bonds. The van der Waals surface area contributed by atoms with Crippen LogP contribution in [0.15, 0.2) is 12.3 Å². The first kappa shape index (κ1) is 11.1. The zero-order valence-electron chi connectivity index (χ0n) is 8.81. The van der Waals surface area contributed by atoms with Gasteiger partial charge in [-0.2, -0.15) is 0 Å². The van der Waals surface area contributed by atoms with E-state index in [2.05, 4.69) is 9.97 Å². The van der Waals surface area contributed by atoms with Gasteiger partial charge in [-0.1, -0.05) is 0 Å². The molecule has 1 aliphatic heterocycles. The first-order valence-electron chi connectivity index (χ1n) is 5.28. The Morgan fingerprint density at radius 3 is 2.88 bits per heavy atom. The molecule has 0 aromatic carbocycles. The molecule has 16 heavy (non-hydrogen) atoms. The zero-order valence-corrected chi connectivity index (χ0v) is 9.63. The lowest BCUT2D eigenvalue weighted by atomic mass is 10.1. The molecule has 1 fully saturated rings. The van der Waals surface area contributed by atoms with E-state index in [1.807, 2.05) is 0 Å². The number of amides is 1. The third-order valence-corrected chi connectivity index (χ3v) is 2.67. The van der Waals surface area contributed by atoms with Crippen molar-refractivity contribution in [3.8, 4) is 5.88 Å². The Balaban J connectivity index is 1.98. The molecule has 0 radical (unpaired) electrons. The predicted octanol–water partition coefficient (Wildman–Crippen LogP) is 2.12. The van der Waals surface area contributed by atoms with Crippen LogP contribution in [-0.2, 0) is 0 Å². The number of nitrogens with one attached hydrogen (secondary N) is 1. The number of H-pyrrole nitrogens is 1. The van der Waals surface area contributed by atoms with Crippen LogP contribution < -0.4 is 4.74 Å². The third kappa shape index (κ3) is 2.79. The monoisotopic (exact) mass is 239 g/mol. The van der Waals surface area contributed by atoms with Crippen LogP contribution in [-0.4, -0.2) is 34.1 Å². The number of ether oxygens (including phenoxy) is 1. The van der Waals surface area contributed by atoms with Gasteiger partial charge in [0.2, 0.25) is 5.88 Å². The van der Waals surface area contributed by atoms with Crippen LogP contribution in [0.2, 0.25) is 0 Å². The summed E-state index contributed by atoms with van der Waals surface area (Å²) in [5, 5.41) is 0. The minimum atomic E-state index is -0.323. The van der Waals surface area contributed by atoms with Crippen molar-refractivity contribution in [2.75, 3.05) is 13.1 Å². The molecule has 1 aromatic rings. The summed E-state index contributed by atoms with van der Waals surface area (Å²) in [6, 6.07) is 1.58. The van der Waals surface area contributed by atoms with Crippen molar-refractivity contribution in [3.63, 3.8) is 0 Å². The van der Waals surface area contributed by atoms with E-state index in [1.165, 1.54) is 12.6 Å². The number of piperidine rings is 1. The molecule has 6 heteroatoms. The number of aromatic amines is 1. The number of rotatable bonds is 1. The lowest BCUT2D eigenvalue weighted by Crippen LogP contribution is -2.37. The molecule has 1 aliphatic rings. The van der Waals surface area contributed by atoms with Crippen LogP contribution in [0.5, 0.6) is 5.88 Å². The van der Waals surface area contributed by atoms with Crippen LogP contribution in [0.3, 0.4) is 0 Å². The number of hydrogen-bond donors (Lipinski definition) is 1. The maximum Gasteiger partial charge on any atom is 0.416 e. The highest BCUT2D eigenvalue weighted by molar-refractivity contribution is 7.71. The fourth-order valence-corrected chi connectivity index (χ4v) is 1.81. The van der Waals surface area contributed by atoms with E-state index < -0.39 is 0 Å². The summed E-state index contributed by atoms with van der Waals surface area (Å²) in [6.45, 7) is 1.54.